The lowest BCUT2D eigenvalue weighted by atomic mass is 10.1. The van der Waals surface area contributed by atoms with E-state index in [2.05, 4.69) is 0 Å². The zero-order valence-corrected chi connectivity index (χ0v) is 16.0. The minimum absolute atomic E-state index is 0.123. The average molecular weight is 402 g/mol. The van der Waals surface area contributed by atoms with Crippen molar-refractivity contribution in [3.05, 3.63) is 49.1 Å². The first-order valence-corrected chi connectivity index (χ1v) is 11.8. The Balaban J connectivity index is 1.90. The molecule has 2 rings (SSSR count). The van der Waals surface area contributed by atoms with Gasteiger partial charge in [0.05, 0.1) is 12.3 Å². The van der Waals surface area contributed by atoms with Crippen LogP contribution in [0.2, 0.25) is 0 Å². The van der Waals surface area contributed by atoms with E-state index in [4.69, 9.17) is 19.6 Å². The Bertz CT molecular complexity index is 729. The molecule has 0 atom stereocenters. The van der Waals surface area contributed by atoms with Gasteiger partial charge in [0.2, 0.25) is 0 Å². The van der Waals surface area contributed by atoms with Crippen molar-refractivity contribution in [2.75, 3.05) is 12.3 Å². The molecule has 8 nitrogen and oxygen atoms in total. The van der Waals surface area contributed by atoms with Crippen molar-refractivity contribution in [2.24, 2.45) is 0 Å². The molecule has 0 saturated heterocycles. The molecule has 0 aromatic carbocycles. The van der Waals surface area contributed by atoms with E-state index in [1.807, 2.05) is 58.2 Å². The van der Waals surface area contributed by atoms with E-state index >= 15 is 0 Å². The van der Waals surface area contributed by atoms with Crippen LogP contribution in [0.4, 0.5) is 0 Å². The van der Waals surface area contributed by atoms with Crippen LogP contribution in [-0.2, 0) is 22.2 Å². The van der Waals surface area contributed by atoms with Crippen molar-refractivity contribution in [3.63, 3.8) is 0 Å². The SMILES string of the molecule is O=P(O)(O)CCC[n+]1ccc(-c2cc[n+](CCCP(=O)(O)O)cc2)cc1. The first-order chi connectivity index (χ1) is 12.1. The molecule has 2 aromatic rings. The first kappa shape index (κ1) is 20.9. The van der Waals surface area contributed by atoms with Crippen LogP contribution in [0.1, 0.15) is 12.8 Å². The Hall–Kier alpha value is -1.40. The average Bonchev–Trinajstić information content (AvgIpc) is 2.54. The fourth-order valence-electron chi connectivity index (χ4n) is 2.52. The van der Waals surface area contributed by atoms with E-state index in [-0.39, 0.29) is 12.3 Å². The molecular formula is C16H24N2O6P2+2. The van der Waals surface area contributed by atoms with Crippen molar-refractivity contribution in [1.29, 1.82) is 0 Å². The fraction of sp³-hybridized carbons (Fsp3) is 0.375. The molecule has 26 heavy (non-hydrogen) atoms. The van der Waals surface area contributed by atoms with Crippen LogP contribution in [0, 0.1) is 0 Å². The summed E-state index contributed by atoms with van der Waals surface area (Å²) in [6, 6.07) is 7.74. The summed E-state index contributed by atoms with van der Waals surface area (Å²) >= 11 is 0. The minimum Gasteiger partial charge on any atom is -0.324 e. The predicted molar refractivity (Wildman–Crippen MR) is 95.3 cm³/mol. The zero-order valence-electron chi connectivity index (χ0n) is 14.3. The molecular weight excluding hydrogens is 378 g/mol. The molecule has 0 fully saturated rings. The zero-order chi connectivity index (χ0) is 19.2. The summed E-state index contributed by atoms with van der Waals surface area (Å²) in [5, 5.41) is 0. The van der Waals surface area contributed by atoms with Crippen molar-refractivity contribution < 1.29 is 37.8 Å². The molecule has 0 bridgehead atoms. The Labute approximate surface area is 152 Å². The van der Waals surface area contributed by atoms with Gasteiger partial charge >= 0.3 is 15.2 Å². The Kier molecular flexibility index (Phi) is 7.24. The number of hydrogen-bond donors (Lipinski definition) is 4. The second kappa shape index (κ2) is 9.00. The summed E-state index contributed by atoms with van der Waals surface area (Å²) in [6.45, 7) is 1.08. The number of aromatic nitrogens is 2. The van der Waals surface area contributed by atoms with Crippen molar-refractivity contribution in [2.45, 2.75) is 25.9 Å². The number of pyridine rings is 2. The summed E-state index contributed by atoms with van der Waals surface area (Å²) in [7, 11) is -7.88. The van der Waals surface area contributed by atoms with Gasteiger partial charge in [0, 0.05) is 37.1 Å². The van der Waals surface area contributed by atoms with Crippen molar-refractivity contribution in [1.82, 2.24) is 0 Å². The van der Waals surface area contributed by atoms with Gasteiger partial charge < -0.3 is 19.6 Å². The van der Waals surface area contributed by atoms with Crippen molar-refractivity contribution in [3.8, 4) is 11.1 Å². The maximum atomic E-state index is 10.8. The monoisotopic (exact) mass is 402 g/mol. The highest BCUT2D eigenvalue weighted by Crippen LogP contribution is 2.35. The molecule has 0 spiro atoms. The molecule has 0 unspecified atom stereocenters. The summed E-state index contributed by atoms with van der Waals surface area (Å²) < 4.78 is 25.5. The van der Waals surface area contributed by atoms with Crippen LogP contribution >= 0.6 is 15.2 Å². The molecule has 0 aliphatic carbocycles. The topological polar surface area (TPSA) is 123 Å². The summed E-state index contributed by atoms with van der Waals surface area (Å²) in [4.78, 5) is 35.5. The lowest BCUT2D eigenvalue weighted by Gasteiger charge is -2.03. The number of rotatable bonds is 9. The van der Waals surface area contributed by atoms with Gasteiger partial charge in [-0.2, -0.15) is 0 Å². The molecule has 0 aliphatic rings. The van der Waals surface area contributed by atoms with E-state index in [1.54, 1.807) is 0 Å². The lowest BCUT2D eigenvalue weighted by Crippen LogP contribution is -2.33. The van der Waals surface area contributed by atoms with Gasteiger partial charge in [0.25, 0.3) is 0 Å². The van der Waals surface area contributed by atoms with Gasteiger partial charge in [-0.25, -0.2) is 9.13 Å². The van der Waals surface area contributed by atoms with Crippen LogP contribution in [0.5, 0.6) is 0 Å². The van der Waals surface area contributed by atoms with E-state index < -0.39 is 15.2 Å². The predicted octanol–water partition coefficient (Wildman–Crippen LogP) is 1.06. The van der Waals surface area contributed by atoms with Gasteiger partial charge in [0.1, 0.15) is 13.1 Å². The smallest absolute Gasteiger partial charge is 0.324 e. The number of nitrogens with zero attached hydrogens (tertiary/aromatic N) is 2. The molecule has 0 saturated carbocycles. The van der Waals surface area contributed by atoms with Crippen LogP contribution in [0.3, 0.4) is 0 Å². The fourth-order valence-corrected chi connectivity index (χ4v) is 3.62. The van der Waals surface area contributed by atoms with E-state index in [9.17, 15) is 9.13 Å². The van der Waals surface area contributed by atoms with E-state index in [1.165, 1.54) is 0 Å². The van der Waals surface area contributed by atoms with Crippen LogP contribution < -0.4 is 9.13 Å². The second-order valence-electron chi connectivity index (χ2n) is 6.13. The summed E-state index contributed by atoms with van der Waals surface area (Å²) in [6.07, 6.45) is 8.06. The summed E-state index contributed by atoms with van der Waals surface area (Å²) in [5.41, 5.74) is 2.03. The Morgan fingerprint density at radius 3 is 1.23 bits per heavy atom. The van der Waals surface area contributed by atoms with Gasteiger partial charge in [-0.3, -0.25) is 9.13 Å². The third kappa shape index (κ3) is 7.87. The molecule has 0 radical (unpaired) electrons. The molecule has 10 heteroatoms. The summed E-state index contributed by atoms with van der Waals surface area (Å²) in [5.74, 6) is 0. The molecule has 2 aromatic heterocycles. The standard InChI is InChI=1S/C16H22N2O6P2/c19-25(20,21)13-1-7-17-9-3-15(4-10-17)16-5-11-18(12-6-16)8-2-14-26(22,23)24/h3-6,9-12H,1-2,7-8,13-14H2,(H2-2,19,20,21,22,23,24)/p+2. The quantitative estimate of drug-likeness (QED) is 0.368. The highest BCUT2D eigenvalue weighted by Gasteiger charge is 2.15. The van der Waals surface area contributed by atoms with Gasteiger partial charge in [-0.1, -0.05) is 0 Å². The highest BCUT2D eigenvalue weighted by atomic mass is 31.2. The Morgan fingerprint density at radius 2 is 0.962 bits per heavy atom. The molecule has 142 valence electrons. The van der Waals surface area contributed by atoms with Gasteiger partial charge in [0.15, 0.2) is 24.8 Å². The number of hydrogen-bond acceptors (Lipinski definition) is 2. The minimum atomic E-state index is -3.94. The van der Waals surface area contributed by atoms with E-state index in [0.717, 1.165) is 11.1 Å². The second-order valence-corrected chi connectivity index (χ2v) is 9.69. The number of aryl methyl sites for hydroxylation is 2. The molecule has 0 aliphatic heterocycles. The third-order valence-electron chi connectivity index (χ3n) is 3.85. The van der Waals surface area contributed by atoms with Crippen LogP contribution in [0.15, 0.2) is 49.1 Å². The Morgan fingerprint density at radius 1 is 0.654 bits per heavy atom. The van der Waals surface area contributed by atoms with Gasteiger partial charge in [-0.15, -0.1) is 0 Å². The molecule has 2 heterocycles. The largest absolute Gasteiger partial charge is 0.325 e. The molecule has 0 amide bonds. The van der Waals surface area contributed by atoms with Crippen LogP contribution in [0.25, 0.3) is 11.1 Å². The van der Waals surface area contributed by atoms with Crippen molar-refractivity contribution >= 4 is 15.2 Å². The lowest BCUT2D eigenvalue weighted by molar-refractivity contribution is -0.697. The highest BCUT2D eigenvalue weighted by molar-refractivity contribution is 7.52. The maximum absolute atomic E-state index is 10.8. The normalized spacial score (nSPS) is 12.3. The van der Waals surface area contributed by atoms with Gasteiger partial charge in [-0.05, 0) is 11.1 Å². The van der Waals surface area contributed by atoms with E-state index in [0.29, 0.717) is 25.9 Å². The maximum Gasteiger partial charge on any atom is 0.325 e. The first-order valence-electron chi connectivity index (χ1n) is 8.20. The van der Waals surface area contributed by atoms with Crippen LogP contribution in [-0.4, -0.2) is 31.9 Å². The molecule has 4 N–H and O–H groups in total. The third-order valence-corrected chi connectivity index (χ3v) is 5.64.